The molecule has 3 aromatic heterocycles. The lowest BCUT2D eigenvalue weighted by Gasteiger charge is -2.37. The van der Waals surface area contributed by atoms with Crippen molar-refractivity contribution in [2.24, 2.45) is 5.92 Å². The third kappa shape index (κ3) is 6.39. The molecule has 1 amide bonds. The summed E-state index contributed by atoms with van der Waals surface area (Å²) >= 11 is 6.33. The van der Waals surface area contributed by atoms with Gasteiger partial charge in [0.2, 0.25) is 18.2 Å². The number of hydrogen-bond donors (Lipinski definition) is 1. The van der Waals surface area contributed by atoms with Gasteiger partial charge < -0.3 is 28.9 Å². The van der Waals surface area contributed by atoms with Crippen LogP contribution in [-0.4, -0.2) is 101 Å². The molecule has 0 saturated carbocycles. The summed E-state index contributed by atoms with van der Waals surface area (Å²) in [6.07, 6.45) is -1.21. The number of nitrogens with zero attached hydrogens (tertiary/aromatic N) is 7. The maximum absolute atomic E-state index is 14.8. The molecule has 0 radical (unpaired) electrons. The van der Waals surface area contributed by atoms with Crippen molar-refractivity contribution >= 4 is 45.2 Å². The lowest BCUT2D eigenvalue weighted by atomic mass is 10.1. The molecule has 4 aromatic rings. The Morgan fingerprint density at radius 2 is 1.91 bits per heavy atom. The number of aromatic amines is 1. The average Bonchev–Trinajstić information content (AvgIpc) is 3.64. The van der Waals surface area contributed by atoms with E-state index in [0.29, 0.717) is 35.1 Å². The van der Waals surface area contributed by atoms with Crippen molar-refractivity contribution in [3.8, 4) is 23.6 Å². The summed E-state index contributed by atoms with van der Waals surface area (Å²) < 4.78 is 60.6. The molecule has 16 heteroatoms. The maximum atomic E-state index is 14.8. The van der Waals surface area contributed by atoms with E-state index in [2.05, 4.69) is 26.2 Å². The third-order valence-corrected chi connectivity index (χ3v) is 8.39. The van der Waals surface area contributed by atoms with Gasteiger partial charge in [-0.2, -0.15) is 10.4 Å². The molecule has 2 aliphatic rings. The number of alkyl halides is 2. The normalized spacial score (nSPS) is 19.1. The second-order valence-electron chi connectivity index (χ2n) is 12.5. The molecule has 2 saturated heterocycles. The van der Waals surface area contributed by atoms with Gasteiger partial charge >= 0.3 is 6.09 Å². The Balaban J connectivity index is 1.45. The van der Waals surface area contributed by atoms with Crippen LogP contribution < -0.4 is 14.4 Å². The number of halogens is 4. The van der Waals surface area contributed by atoms with Crippen molar-refractivity contribution in [3.05, 3.63) is 40.9 Å². The molecule has 47 heavy (non-hydrogen) atoms. The number of benzene rings is 1. The fourth-order valence-electron chi connectivity index (χ4n) is 5.86. The van der Waals surface area contributed by atoms with Gasteiger partial charge in [0.15, 0.2) is 5.75 Å². The molecule has 5 heterocycles. The highest BCUT2D eigenvalue weighted by Gasteiger charge is 2.40. The van der Waals surface area contributed by atoms with Crippen molar-refractivity contribution < 1.29 is 32.2 Å². The number of hydrogen-bond acceptors (Lipinski definition) is 10. The number of ether oxygens (including phenoxy) is 3. The zero-order valence-electron chi connectivity index (χ0n) is 26.1. The summed E-state index contributed by atoms with van der Waals surface area (Å²) in [6.45, 7) is 6.84. The first-order valence-corrected chi connectivity index (χ1v) is 15.3. The van der Waals surface area contributed by atoms with Gasteiger partial charge in [-0.3, -0.25) is 5.10 Å². The summed E-state index contributed by atoms with van der Waals surface area (Å²) in [5, 5.41) is 17.6. The number of pyridine rings is 2. The molecule has 0 spiro atoms. The highest BCUT2D eigenvalue weighted by atomic mass is 35.5. The van der Waals surface area contributed by atoms with Crippen LogP contribution in [0.2, 0.25) is 5.02 Å². The molecule has 1 N–H and O–H groups in total. The average molecular weight is 673 g/mol. The van der Waals surface area contributed by atoms with Crippen molar-refractivity contribution in [1.29, 1.82) is 5.26 Å². The van der Waals surface area contributed by atoms with Gasteiger partial charge in [-0.25, -0.2) is 27.9 Å². The van der Waals surface area contributed by atoms with Crippen LogP contribution in [-0.2, 0) is 4.74 Å². The predicted octanol–water partition coefficient (Wildman–Crippen LogP) is 5.59. The van der Waals surface area contributed by atoms with Gasteiger partial charge in [-0.05, 0) is 33.9 Å². The second kappa shape index (κ2) is 12.6. The first-order chi connectivity index (χ1) is 22.3. The highest BCUT2D eigenvalue weighted by molar-refractivity contribution is 6.33. The minimum Gasteiger partial charge on any atom is -0.471 e. The number of amides is 1. The lowest BCUT2D eigenvalue weighted by molar-refractivity contribution is 0.0238. The van der Waals surface area contributed by atoms with Gasteiger partial charge in [0.05, 0.1) is 28.7 Å². The molecule has 12 nitrogen and oxygen atoms in total. The van der Waals surface area contributed by atoms with Crippen molar-refractivity contribution in [3.63, 3.8) is 0 Å². The number of carbonyl (C=O) groups excluding carboxylic acids is 1. The van der Waals surface area contributed by atoms with Gasteiger partial charge in [0.1, 0.15) is 39.7 Å². The summed E-state index contributed by atoms with van der Waals surface area (Å²) in [5.41, 5.74) is 0.225. The molecule has 6 rings (SSSR count). The number of H-pyrrole nitrogens is 1. The van der Waals surface area contributed by atoms with E-state index in [-0.39, 0.29) is 59.8 Å². The SMILES string of the molecule is CN1C[C@@H](Oc2nc3c(Oc4c(Cl)c(F)cc5[nH]ncc45)nccc3c(N3CCN(C(=O)OC(C)(C)C)CC3)c2C#N)[C@H](C(F)F)C1. The number of likely N-dealkylation sites (N-methyl/N-ethyl adjacent to an activating group) is 1. The molecule has 0 aliphatic carbocycles. The molecule has 248 valence electrons. The van der Waals surface area contributed by atoms with E-state index in [0.717, 1.165) is 0 Å². The highest BCUT2D eigenvalue weighted by Crippen LogP contribution is 2.43. The Bertz CT molecular complexity index is 1870. The number of carbonyl (C=O) groups is 1. The van der Waals surface area contributed by atoms with E-state index in [9.17, 15) is 23.2 Å². The van der Waals surface area contributed by atoms with Crippen LogP contribution in [0.15, 0.2) is 24.5 Å². The maximum Gasteiger partial charge on any atom is 0.410 e. The molecule has 2 atom stereocenters. The number of likely N-dealkylation sites (tertiary alicyclic amines) is 1. The summed E-state index contributed by atoms with van der Waals surface area (Å²) in [6, 6.07) is 5.00. The topological polar surface area (TPSA) is 133 Å². The number of aromatic nitrogens is 4. The Morgan fingerprint density at radius 1 is 1.17 bits per heavy atom. The molecule has 0 bridgehead atoms. The van der Waals surface area contributed by atoms with Gasteiger partial charge in [0, 0.05) is 56.9 Å². The zero-order valence-corrected chi connectivity index (χ0v) is 26.8. The second-order valence-corrected chi connectivity index (χ2v) is 12.9. The minimum absolute atomic E-state index is 0.0314. The minimum atomic E-state index is -2.66. The number of nitrogens with one attached hydrogen (secondary N) is 1. The van der Waals surface area contributed by atoms with E-state index < -0.39 is 36.0 Å². The van der Waals surface area contributed by atoms with E-state index >= 15 is 0 Å². The van der Waals surface area contributed by atoms with Crippen LogP contribution in [0.5, 0.6) is 17.5 Å². The van der Waals surface area contributed by atoms with Gasteiger partial charge in [0.25, 0.3) is 0 Å². The fourth-order valence-corrected chi connectivity index (χ4v) is 6.06. The predicted molar refractivity (Wildman–Crippen MR) is 167 cm³/mol. The quantitative estimate of drug-likeness (QED) is 0.276. The third-order valence-electron chi connectivity index (χ3n) is 8.04. The molecule has 1 aromatic carbocycles. The van der Waals surface area contributed by atoms with E-state index in [1.54, 1.807) is 43.7 Å². The number of anilines is 1. The Labute approximate surface area is 272 Å². The van der Waals surface area contributed by atoms with Crippen LogP contribution in [0.4, 0.5) is 23.7 Å². The Kier molecular flexibility index (Phi) is 8.66. The number of fused-ring (bicyclic) bond motifs is 2. The first-order valence-electron chi connectivity index (χ1n) is 14.9. The molecule has 2 aliphatic heterocycles. The van der Waals surface area contributed by atoms with Crippen LogP contribution >= 0.6 is 11.6 Å². The first kappa shape index (κ1) is 32.4. The largest absolute Gasteiger partial charge is 0.471 e. The smallest absolute Gasteiger partial charge is 0.410 e. The molecular formula is C31H32ClF3N8O4. The molecule has 0 unspecified atom stereocenters. The fraction of sp³-hybridized carbons (Fsp3) is 0.452. The Hall–Kier alpha value is -4.55. The van der Waals surface area contributed by atoms with Crippen LogP contribution in [0, 0.1) is 23.1 Å². The van der Waals surface area contributed by atoms with Crippen LogP contribution in [0.3, 0.4) is 0 Å². The van der Waals surface area contributed by atoms with E-state index in [1.165, 1.54) is 18.5 Å². The molecular weight excluding hydrogens is 641 g/mol. The van der Waals surface area contributed by atoms with E-state index in [4.69, 9.17) is 25.8 Å². The van der Waals surface area contributed by atoms with Crippen LogP contribution in [0.25, 0.3) is 21.8 Å². The Morgan fingerprint density at radius 3 is 2.60 bits per heavy atom. The molecule has 2 fully saturated rings. The summed E-state index contributed by atoms with van der Waals surface area (Å²) in [5.74, 6) is -2.20. The number of rotatable bonds is 6. The monoisotopic (exact) mass is 672 g/mol. The van der Waals surface area contributed by atoms with Gasteiger partial charge in [-0.15, -0.1) is 0 Å². The summed E-state index contributed by atoms with van der Waals surface area (Å²) in [4.78, 5) is 26.9. The van der Waals surface area contributed by atoms with Crippen molar-refractivity contribution in [1.82, 2.24) is 30.0 Å². The zero-order chi connectivity index (χ0) is 33.6. The summed E-state index contributed by atoms with van der Waals surface area (Å²) in [7, 11) is 1.71. The van der Waals surface area contributed by atoms with E-state index in [1.807, 2.05) is 4.90 Å². The lowest BCUT2D eigenvalue weighted by Crippen LogP contribution is -2.50. The van der Waals surface area contributed by atoms with Crippen molar-refractivity contribution in [2.45, 2.75) is 38.9 Å². The standard InChI is InChI=1S/C31H32ClF3N8O4/c1-31(2,3)47-30(44)43-9-7-42(8-10-43)25-16-5-6-37-29(46-26-18-13-38-40-21(18)11-20(33)23(26)32)24(16)39-28(17(25)12-36)45-22-15-41(4)14-19(22)27(34)35/h5-6,11,13,19,22,27H,7-10,14-15H2,1-4H3,(H,38,40)/t19-,22-/m1/s1. The van der Waals surface area contributed by atoms with Crippen LogP contribution in [0.1, 0.15) is 26.3 Å². The number of piperazine rings is 1. The van der Waals surface area contributed by atoms with Crippen molar-refractivity contribution in [2.75, 3.05) is 51.2 Å². The number of nitriles is 1. The van der Waals surface area contributed by atoms with Gasteiger partial charge in [-0.1, -0.05) is 11.6 Å².